The number of anilines is 1. The van der Waals surface area contributed by atoms with Gasteiger partial charge in [-0.2, -0.15) is 0 Å². The topological polar surface area (TPSA) is 69.7 Å². The van der Waals surface area contributed by atoms with Crippen LogP contribution in [0.1, 0.15) is 0 Å². The van der Waals surface area contributed by atoms with E-state index in [0.29, 0.717) is 32.2 Å². The van der Waals surface area contributed by atoms with Gasteiger partial charge in [0.15, 0.2) is 16.4 Å². The minimum atomic E-state index is -0.207. The van der Waals surface area contributed by atoms with Crippen molar-refractivity contribution in [3.63, 3.8) is 0 Å². The van der Waals surface area contributed by atoms with E-state index in [-0.39, 0.29) is 5.56 Å². The van der Waals surface area contributed by atoms with E-state index in [1.54, 1.807) is 9.24 Å². The standard InChI is InChI=1S/C24H16N6OS2/c31-22-19-21(27-30-20(25-26-23(30)33-19)16-10-4-1-5-11-16)28(17-12-6-2-7-13-17)24(32)29(22)18-14-8-3-9-15-18/h1-15,27H. The number of para-hydroxylation sites is 2. The van der Waals surface area contributed by atoms with E-state index in [1.165, 1.54) is 11.8 Å². The highest BCUT2D eigenvalue weighted by Crippen LogP contribution is 2.38. The lowest BCUT2D eigenvalue weighted by Gasteiger charge is -2.25. The molecule has 0 fully saturated rings. The molecule has 5 aromatic rings. The molecule has 7 nitrogen and oxygen atoms in total. The first-order valence-electron chi connectivity index (χ1n) is 10.2. The molecule has 1 aliphatic heterocycles. The fraction of sp³-hybridized carbons (Fsp3) is 0. The number of aromatic nitrogens is 5. The summed E-state index contributed by atoms with van der Waals surface area (Å²) in [6.45, 7) is 0. The van der Waals surface area contributed by atoms with Crippen LogP contribution in [0.15, 0.2) is 106 Å². The summed E-state index contributed by atoms with van der Waals surface area (Å²) < 4.78 is 5.59. The highest BCUT2D eigenvalue weighted by Gasteiger charge is 2.29. The Morgan fingerprint density at radius 2 is 1.33 bits per heavy atom. The summed E-state index contributed by atoms with van der Waals surface area (Å²) in [5.74, 6) is 1.24. The summed E-state index contributed by atoms with van der Waals surface area (Å²) in [4.78, 5) is 14.2. The van der Waals surface area contributed by atoms with E-state index >= 15 is 0 Å². The molecule has 0 aliphatic carbocycles. The van der Waals surface area contributed by atoms with Gasteiger partial charge in [0.05, 0.1) is 5.69 Å². The fourth-order valence-electron chi connectivity index (χ4n) is 3.81. The largest absolute Gasteiger partial charge is 0.275 e. The Hall–Kier alpha value is -3.95. The lowest BCUT2D eigenvalue weighted by molar-refractivity contribution is 0.741. The van der Waals surface area contributed by atoms with Gasteiger partial charge in [-0.25, -0.2) is 4.68 Å². The van der Waals surface area contributed by atoms with E-state index in [9.17, 15) is 4.79 Å². The molecular formula is C24H16N6OS2. The number of hydrogen-bond donors (Lipinski definition) is 1. The van der Waals surface area contributed by atoms with E-state index in [0.717, 1.165) is 11.3 Å². The monoisotopic (exact) mass is 468 g/mol. The Kier molecular flexibility index (Phi) is 4.70. The van der Waals surface area contributed by atoms with Crippen LogP contribution in [0.5, 0.6) is 0 Å². The maximum absolute atomic E-state index is 13.7. The quantitative estimate of drug-likeness (QED) is 0.371. The molecule has 160 valence electrons. The molecule has 9 heteroatoms. The van der Waals surface area contributed by atoms with Gasteiger partial charge in [-0.15, -0.1) is 10.2 Å². The number of nitrogens with one attached hydrogen (secondary N) is 1. The third-order valence-corrected chi connectivity index (χ3v) is 6.71. The van der Waals surface area contributed by atoms with Gasteiger partial charge in [-0.3, -0.25) is 19.4 Å². The van der Waals surface area contributed by atoms with Gasteiger partial charge in [-0.05, 0) is 48.2 Å². The van der Waals surface area contributed by atoms with Crippen LogP contribution in [0.2, 0.25) is 0 Å². The number of benzene rings is 3. The van der Waals surface area contributed by atoms with Crippen LogP contribution in [-0.4, -0.2) is 24.0 Å². The average Bonchev–Trinajstić information content (AvgIpc) is 3.28. The molecule has 0 saturated carbocycles. The lowest BCUT2D eigenvalue weighted by atomic mass is 10.2. The van der Waals surface area contributed by atoms with Gasteiger partial charge in [0.2, 0.25) is 5.16 Å². The van der Waals surface area contributed by atoms with Gasteiger partial charge in [-0.1, -0.05) is 66.7 Å². The first kappa shape index (κ1) is 19.7. The van der Waals surface area contributed by atoms with Crippen molar-refractivity contribution in [2.75, 3.05) is 5.43 Å². The van der Waals surface area contributed by atoms with Crippen molar-refractivity contribution in [2.45, 2.75) is 10.1 Å². The molecule has 0 bridgehead atoms. The van der Waals surface area contributed by atoms with Crippen molar-refractivity contribution in [2.24, 2.45) is 0 Å². The van der Waals surface area contributed by atoms with E-state index in [1.807, 2.05) is 95.6 Å². The normalized spacial score (nSPS) is 12.0. The second-order valence-electron chi connectivity index (χ2n) is 7.33. The molecule has 3 heterocycles. The number of rotatable bonds is 3. The third-order valence-electron chi connectivity index (χ3n) is 5.32. The predicted octanol–water partition coefficient (Wildman–Crippen LogP) is 4.96. The molecule has 33 heavy (non-hydrogen) atoms. The van der Waals surface area contributed by atoms with Crippen LogP contribution in [0.4, 0.5) is 5.82 Å². The zero-order valence-corrected chi connectivity index (χ0v) is 18.8. The van der Waals surface area contributed by atoms with Crippen LogP contribution in [0, 0.1) is 4.77 Å². The van der Waals surface area contributed by atoms with Crippen LogP contribution in [0.25, 0.3) is 22.8 Å². The van der Waals surface area contributed by atoms with Gasteiger partial charge < -0.3 is 0 Å². The fourth-order valence-corrected chi connectivity index (χ4v) is 5.09. The minimum absolute atomic E-state index is 0.207. The van der Waals surface area contributed by atoms with Crippen molar-refractivity contribution >= 4 is 29.8 Å². The predicted molar refractivity (Wildman–Crippen MR) is 131 cm³/mol. The average molecular weight is 469 g/mol. The molecule has 0 radical (unpaired) electrons. The zero-order chi connectivity index (χ0) is 22.4. The van der Waals surface area contributed by atoms with E-state index < -0.39 is 0 Å². The molecule has 1 aliphatic rings. The maximum Gasteiger partial charge on any atom is 0.275 e. The highest BCUT2D eigenvalue weighted by atomic mass is 32.2. The first-order chi connectivity index (χ1) is 16.2. The molecule has 0 saturated heterocycles. The molecular weight excluding hydrogens is 452 g/mol. The second-order valence-corrected chi connectivity index (χ2v) is 8.67. The summed E-state index contributed by atoms with van der Waals surface area (Å²) >= 11 is 7.15. The van der Waals surface area contributed by atoms with Gasteiger partial charge in [0.1, 0.15) is 4.90 Å². The molecule has 6 rings (SSSR count). The molecule has 2 aromatic heterocycles. The Labute approximate surface area is 198 Å². The Balaban J connectivity index is 1.63. The van der Waals surface area contributed by atoms with Crippen LogP contribution in [0.3, 0.4) is 0 Å². The van der Waals surface area contributed by atoms with E-state index in [2.05, 4.69) is 15.6 Å². The van der Waals surface area contributed by atoms with Crippen LogP contribution >= 0.6 is 24.0 Å². The Morgan fingerprint density at radius 3 is 1.97 bits per heavy atom. The summed E-state index contributed by atoms with van der Waals surface area (Å²) in [6.07, 6.45) is 0. The Bertz CT molecular complexity index is 1590. The van der Waals surface area contributed by atoms with Crippen LogP contribution < -0.4 is 11.0 Å². The smallest absolute Gasteiger partial charge is 0.274 e. The maximum atomic E-state index is 13.7. The highest BCUT2D eigenvalue weighted by molar-refractivity contribution is 7.99. The van der Waals surface area contributed by atoms with Gasteiger partial charge >= 0.3 is 0 Å². The second kappa shape index (κ2) is 7.88. The van der Waals surface area contributed by atoms with Crippen molar-refractivity contribution in [3.8, 4) is 22.8 Å². The number of hydrogen-bond acceptors (Lipinski definition) is 6. The van der Waals surface area contributed by atoms with Crippen molar-refractivity contribution in [1.29, 1.82) is 0 Å². The minimum Gasteiger partial charge on any atom is -0.274 e. The molecule has 0 spiro atoms. The first-order valence-corrected chi connectivity index (χ1v) is 11.4. The summed E-state index contributed by atoms with van der Waals surface area (Å²) in [5, 5.41) is 9.28. The summed E-state index contributed by atoms with van der Waals surface area (Å²) in [6, 6.07) is 29.0. The van der Waals surface area contributed by atoms with Crippen LogP contribution in [-0.2, 0) is 0 Å². The summed E-state index contributed by atoms with van der Waals surface area (Å²) in [7, 11) is 0. The molecule has 0 atom stereocenters. The SMILES string of the molecule is O=c1c2c(n(-c3ccccc3)c(=S)n1-c1ccccc1)Nn1c(nnc1-c1ccccc1)S2. The summed E-state index contributed by atoms with van der Waals surface area (Å²) in [5.41, 5.74) is 5.62. The third kappa shape index (κ3) is 3.21. The number of fused-ring (bicyclic) bond motifs is 2. The van der Waals surface area contributed by atoms with Gasteiger partial charge in [0.25, 0.3) is 5.56 Å². The lowest BCUT2D eigenvalue weighted by Crippen LogP contribution is -2.31. The van der Waals surface area contributed by atoms with Crippen molar-refractivity contribution in [3.05, 3.63) is 106 Å². The molecule has 0 unspecified atom stereocenters. The van der Waals surface area contributed by atoms with Gasteiger partial charge in [0, 0.05) is 11.3 Å². The molecule has 3 aromatic carbocycles. The number of nitrogens with zero attached hydrogens (tertiary/aromatic N) is 5. The Morgan fingerprint density at radius 1 is 0.758 bits per heavy atom. The van der Waals surface area contributed by atoms with Crippen molar-refractivity contribution in [1.82, 2.24) is 24.0 Å². The molecule has 1 N–H and O–H groups in total. The zero-order valence-electron chi connectivity index (χ0n) is 17.1. The molecule has 0 amide bonds. The van der Waals surface area contributed by atoms with E-state index in [4.69, 9.17) is 12.2 Å². The van der Waals surface area contributed by atoms with Crippen molar-refractivity contribution < 1.29 is 0 Å².